The van der Waals surface area contributed by atoms with Crippen LogP contribution >= 0.6 is 15.9 Å². The van der Waals surface area contributed by atoms with Crippen LogP contribution in [-0.2, 0) is 19.4 Å². The van der Waals surface area contributed by atoms with Crippen LogP contribution in [0.2, 0.25) is 0 Å². The number of halogens is 1. The molecule has 0 spiro atoms. The molecule has 0 aliphatic heterocycles. The van der Waals surface area contributed by atoms with Crippen LogP contribution < -0.4 is 11.3 Å². The summed E-state index contributed by atoms with van der Waals surface area (Å²) in [4.78, 5) is 0. The van der Waals surface area contributed by atoms with Gasteiger partial charge in [0.25, 0.3) is 0 Å². The summed E-state index contributed by atoms with van der Waals surface area (Å²) in [5, 5.41) is 4.58. The van der Waals surface area contributed by atoms with Crippen molar-refractivity contribution in [2.75, 3.05) is 0 Å². The summed E-state index contributed by atoms with van der Waals surface area (Å²) in [6, 6.07) is 10.5. The maximum atomic E-state index is 5.74. The Labute approximate surface area is 128 Å². The summed E-state index contributed by atoms with van der Waals surface area (Å²) in [5.41, 5.74) is 6.43. The fourth-order valence-electron chi connectivity index (χ4n) is 2.33. The lowest BCUT2D eigenvalue weighted by atomic mass is 10.0. The molecule has 0 saturated carbocycles. The van der Waals surface area contributed by atoms with Crippen molar-refractivity contribution in [3.8, 4) is 0 Å². The van der Waals surface area contributed by atoms with E-state index in [4.69, 9.17) is 5.84 Å². The highest BCUT2D eigenvalue weighted by molar-refractivity contribution is 9.10. The molecule has 1 atom stereocenters. The molecule has 0 aliphatic carbocycles. The molecule has 0 saturated heterocycles. The van der Waals surface area contributed by atoms with Gasteiger partial charge in [0.1, 0.15) is 0 Å². The largest absolute Gasteiger partial charge is 0.271 e. The molecule has 0 radical (unpaired) electrons. The first-order valence-corrected chi connectivity index (χ1v) is 7.74. The summed E-state index contributed by atoms with van der Waals surface area (Å²) in [5.74, 6) is 5.74. The molecule has 1 aromatic carbocycles. The Morgan fingerprint density at radius 2 is 2.15 bits per heavy atom. The van der Waals surface area contributed by atoms with Gasteiger partial charge in [-0.2, -0.15) is 5.10 Å². The number of benzene rings is 1. The minimum atomic E-state index is 0.0826. The molecule has 0 amide bonds. The van der Waals surface area contributed by atoms with E-state index in [9.17, 15) is 0 Å². The molecule has 2 rings (SSSR count). The maximum Gasteiger partial charge on any atom is 0.0624 e. The number of aryl methyl sites for hydroxylation is 2. The lowest BCUT2D eigenvalue weighted by Gasteiger charge is -2.17. The predicted molar refractivity (Wildman–Crippen MR) is 85.2 cm³/mol. The van der Waals surface area contributed by atoms with Crippen molar-refractivity contribution in [2.45, 2.75) is 39.3 Å². The van der Waals surface area contributed by atoms with Gasteiger partial charge in [-0.3, -0.25) is 16.0 Å². The van der Waals surface area contributed by atoms with Crippen molar-refractivity contribution in [3.05, 3.63) is 51.8 Å². The van der Waals surface area contributed by atoms with Crippen LogP contribution in [0.1, 0.15) is 36.8 Å². The first-order chi connectivity index (χ1) is 9.67. The molecule has 108 valence electrons. The fourth-order valence-corrected chi connectivity index (χ4v) is 2.75. The van der Waals surface area contributed by atoms with E-state index in [0.29, 0.717) is 0 Å². The van der Waals surface area contributed by atoms with Gasteiger partial charge in [0.2, 0.25) is 0 Å². The van der Waals surface area contributed by atoms with Crippen LogP contribution in [0.15, 0.2) is 34.8 Å². The van der Waals surface area contributed by atoms with Crippen molar-refractivity contribution < 1.29 is 0 Å². The van der Waals surface area contributed by atoms with Crippen LogP contribution in [-0.4, -0.2) is 9.78 Å². The number of nitrogens with two attached hydrogens (primary N) is 1. The second kappa shape index (κ2) is 7.02. The van der Waals surface area contributed by atoms with Gasteiger partial charge in [-0.15, -0.1) is 0 Å². The third kappa shape index (κ3) is 3.48. The fraction of sp³-hybridized carbons (Fsp3) is 0.400. The van der Waals surface area contributed by atoms with E-state index in [2.05, 4.69) is 63.2 Å². The van der Waals surface area contributed by atoms with E-state index >= 15 is 0 Å². The highest BCUT2D eigenvalue weighted by Gasteiger charge is 2.14. The van der Waals surface area contributed by atoms with Gasteiger partial charge in [0.05, 0.1) is 11.7 Å². The smallest absolute Gasteiger partial charge is 0.0624 e. The number of hydrogen-bond donors (Lipinski definition) is 2. The van der Waals surface area contributed by atoms with E-state index in [0.717, 1.165) is 29.6 Å². The third-order valence-electron chi connectivity index (χ3n) is 3.44. The Morgan fingerprint density at radius 3 is 2.75 bits per heavy atom. The molecule has 3 N–H and O–H groups in total. The van der Waals surface area contributed by atoms with Gasteiger partial charge in [-0.25, -0.2) is 0 Å². The van der Waals surface area contributed by atoms with Crippen molar-refractivity contribution in [1.82, 2.24) is 15.2 Å². The lowest BCUT2D eigenvalue weighted by Crippen LogP contribution is -2.30. The first-order valence-electron chi connectivity index (χ1n) is 6.95. The van der Waals surface area contributed by atoms with Gasteiger partial charge in [-0.1, -0.05) is 35.0 Å². The molecule has 4 nitrogen and oxygen atoms in total. The highest BCUT2D eigenvalue weighted by Crippen LogP contribution is 2.21. The zero-order valence-electron chi connectivity index (χ0n) is 11.9. The van der Waals surface area contributed by atoms with E-state index < -0.39 is 0 Å². The number of rotatable bonds is 6. The molecule has 20 heavy (non-hydrogen) atoms. The molecular formula is C15H21BrN4. The molecule has 5 heteroatoms. The van der Waals surface area contributed by atoms with Crippen LogP contribution in [0.4, 0.5) is 0 Å². The van der Waals surface area contributed by atoms with Crippen molar-refractivity contribution in [2.24, 2.45) is 5.84 Å². The normalized spacial score (nSPS) is 12.6. The number of aromatic nitrogens is 2. The van der Waals surface area contributed by atoms with E-state index in [1.165, 1.54) is 11.3 Å². The number of hydrogen-bond acceptors (Lipinski definition) is 3. The Hall–Kier alpha value is -1.17. The summed E-state index contributed by atoms with van der Waals surface area (Å²) < 4.78 is 3.12. The Balaban J connectivity index is 2.24. The van der Waals surface area contributed by atoms with Gasteiger partial charge in [-0.05, 0) is 37.1 Å². The highest BCUT2D eigenvalue weighted by atomic mass is 79.9. The lowest BCUT2D eigenvalue weighted by molar-refractivity contribution is 0.516. The molecule has 0 fully saturated rings. The number of nitrogens with one attached hydrogen (secondary N) is 1. The minimum Gasteiger partial charge on any atom is -0.271 e. The van der Waals surface area contributed by atoms with Gasteiger partial charge >= 0.3 is 0 Å². The van der Waals surface area contributed by atoms with Gasteiger partial charge in [0, 0.05) is 23.1 Å². The topological polar surface area (TPSA) is 55.9 Å². The van der Waals surface area contributed by atoms with Gasteiger partial charge in [0.15, 0.2) is 0 Å². The summed E-state index contributed by atoms with van der Waals surface area (Å²) in [6.07, 6.45) is 1.78. The maximum absolute atomic E-state index is 5.74. The quantitative estimate of drug-likeness (QED) is 0.629. The first kappa shape index (κ1) is 15.2. The Kier molecular flexibility index (Phi) is 5.34. The molecule has 0 aliphatic rings. The molecule has 2 aromatic rings. The molecule has 1 unspecified atom stereocenters. The second-order valence-electron chi connectivity index (χ2n) is 4.77. The SMILES string of the molecule is CCc1cc(CC(NN)c2cccc(Br)c2)n(CC)n1. The van der Waals surface area contributed by atoms with Crippen LogP contribution in [0.5, 0.6) is 0 Å². The van der Waals surface area contributed by atoms with Crippen LogP contribution in [0.3, 0.4) is 0 Å². The number of nitrogens with zero attached hydrogens (tertiary/aromatic N) is 2. The summed E-state index contributed by atoms with van der Waals surface area (Å²) >= 11 is 3.50. The van der Waals surface area contributed by atoms with Crippen molar-refractivity contribution >= 4 is 15.9 Å². The molecular weight excluding hydrogens is 316 g/mol. The number of hydrazine groups is 1. The van der Waals surface area contributed by atoms with E-state index in [1.807, 2.05) is 12.1 Å². The van der Waals surface area contributed by atoms with Crippen LogP contribution in [0, 0.1) is 0 Å². The minimum absolute atomic E-state index is 0.0826. The van der Waals surface area contributed by atoms with Crippen molar-refractivity contribution in [1.29, 1.82) is 0 Å². The zero-order valence-corrected chi connectivity index (χ0v) is 13.5. The monoisotopic (exact) mass is 336 g/mol. The predicted octanol–water partition coefficient (Wildman–Crippen LogP) is 2.98. The molecule has 1 aromatic heterocycles. The third-order valence-corrected chi connectivity index (χ3v) is 3.93. The van der Waals surface area contributed by atoms with E-state index in [1.54, 1.807) is 0 Å². The zero-order chi connectivity index (χ0) is 14.5. The van der Waals surface area contributed by atoms with E-state index in [-0.39, 0.29) is 6.04 Å². The van der Waals surface area contributed by atoms with Gasteiger partial charge < -0.3 is 0 Å². The van der Waals surface area contributed by atoms with Crippen LogP contribution in [0.25, 0.3) is 0 Å². The Bertz CT molecular complexity index is 565. The Morgan fingerprint density at radius 1 is 1.35 bits per heavy atom. The average molecular weight is 337 g/mol. The molecule has 0 bridgehead atoms. The second-order valence-corrected chi connectivity index (χ2v) is 5.69. The average Bonchev–Trinajstić information content (AvgIpc) is 2.87. The summed E-state index contributed by atoms with van der Waals surface area (Å²) in [7, 11) is 0. The molecule has 1 heterocycles. The standard InChI is InChI=1S/C15H21BrN4/c1-3-13-9-14(20(4-2)19-13)10-15(18-17)11-6-5-7-12(16)8-11/h5-9,15,18H,3-4,10,17H2,1-2H3. The summed E-state index contributed by atoms with van der Waals surface area (Å²) in [6.45, 7) is 5.12. The van der Waals surface area contributed by atoms with Crippen molar-refractivity contribution in [3.63, 3.8) is 0 Å².